The molecule has 17 heavy (non-hydrogen) atoms. The molecular formula is C11H14N6. The molecule has 88 valence electrons. The van der Waals surface area contributed by atoms with E-state index in [2.05, 4.69) is 25.7 Å². The maximum Gasteiger partial charge on any atom is 0.191 e. The molecule has 1 fully saturated rings. The van der Waals surface area contributed by atoms with Gasteiger partial charge in [0.1, 0.15) is 6.54 Å². The Balaban J connectivity index is 1.72. The van der Waals surface area contributed by atoms with Crippen LogP contribution in [0.1, 0.15) is 30.4 Å². The lowest BCUT2D eigenvalue weighted by molar-refractivity contribution is 0.551. The van der Waals surface area contributed by atoms with Crippen molar-refractivity contribution in [3.05, 3.63) is 35.9 Å². The fraction of sp³-hybridized carbons (Fsp3) is 0.455. The Morgan fingerprint density at radius 1 is 1.41 bits per heavy atom. The molecule has 6 nitrogen and oxygen atoms in total. The number of pyridine rings is 1. The lowest BCUT2D eigenvalue weighted by Gasteiger charge is -2.02. The zero-order valence-electron chi connectivity index (χ0n) is 9.45. The summed E-state index contributed by atoms with van der Waals surface area (Å²) < 4.78 is 0. The molecule has 1 N–H and O–H groups in total. The Morgan fingerprint density at radius 3 is 3.18 bits per heavy atom. The first kappa shape index (κ1) is 10.3. The number of rotatable bonds is 3. The van der Waals surface area contributed by atoms with Crippen LogP contribution in [0.2, 0.25) is 0 Å². The number of hydrogen-bond donors (Lipinski definition) is 1. The van der Waals surface area contributed by atoms with Crippen LogP contribution in [0.15, 0.2) is 24.4 Å². The van der Waals surface area contributed by atoms with Gasteiger partial charge in [0.2, 0.25) is 0 Å². The number of nitrogens with one attached hydrogen (secondary N) is 1. The van der Waals surface area contributed by atoms with Gasteiger partial charge in [-0.2, -0.15) is 4.80 Å². The summed E-state index contributed by atoms with van der Waals surface area (Å²) in [5.74, 6) is 0.790. The average Bonchev–Trinajstić information content (AvgIpc) is 3.00. The van der Waals surface area contributed by atoms with E-state index in [9.17, 15) is 0 Å². The van der Waals surface area contributed by atoms with Gasteiger partial charge in [-0.25, -0.2) is 0 Å². The average molecular weight is 230 g/mol. The largest absolute Gasteiger partial charge is 0.307 e. The third kappa shape index (κ3) is 2.31. The minimum atomic E-state index is 0.271. The Morgan fingerprint density at radius 2 is 2.41 bits per heavy atom. The highest BCUT2D eigenvalue weighted by Gasteiger charge is 2.20. The molecule has 2 aromatic rings. The molecule has 3 rings (SSSR count). The summed E-state index contributed by atoms with van der Waals surface area (Å²) in [6, 6.07) is 6.08. The second-order valence-corrected chi connectivity index (χ2v) is 4.15. The molecule has 2 aromatic heterocycles. The van der Waals surface area contributed by atoms with E-state index in [1.54, 1.807) is 11.0 Å². The van der Waals surface area contributed by atoms with Crippen LogP contribution in [0.5, 0.6) is 0 Å². The SMILES string of the molecule is c1ccc(Cn2nnc(C3CCCN3)n2)nc1. The van der Waals surface area contributed by atoms with Crippen molar-refractivity contribution in [1.29, 1.82) is 0 Å². The summed E-state index contributed by atoms with van der Waals surface area (Å²) in [4.78, 5) is 5.83. The van der Waals surface area contributed by atoms with E-state index in [1.165, 1.54) is 6.42 Å². The first-order valence-electron chi connectivity index (χ1n) is 5.83. The van der Waals surface area contributed by atoms with Crippen molar-refractivity contribution in [2.45, 2.75) is 25.4 Å². The summed E-state index contributed by atoms with van der Waals surface area (Å²) in [5, 5.41) is 15.9. The molecule has 0 aliphatic carbocycles. The molecule has 1 unspecified atom stereocenters. The van der Waals surface area contributed by atoms with Gasteiger partial charge in [0, 0.05) is 6.20 Å². The minimum Gasteiger partial charge on any atom is -0.307 e. The Hall–Kier alpha value is -1.82. The molecule has 6 heteroatoms. The molecule has 0 radical (unpaired) electrons. The highest BCUT2D eigenvalue weighted by Crippen LogP contribution is 2.18. The molecule has 1 atom stereocenters. The molecular weight excluding hydrogens is 216 g/mol. The maximum atomic E-state index is 4.38. The van der Waals surface area contributed by atoms with Crippen LogP contribution in [0.4, 0.5) is 0 Å². The predicted molar refractivity (Wildman–Crippen MR) is 61.1 cm³/mol. The van der Waals surface area contributed by atoms with Gasteiger partial charge in [-0.3, -0.25) is 4.98 Å². The smallest absolute Gasteiger partial charge is 0.191 e. The van der Waals surface area contributed by atoms with Crippen LogP contribution < -0.4 is 5.32 Å². The third-order valence-electron chi connectivity index (χ3n) is 2.87. The van der Waals surface area contributed by atoms with E-state index in [0.717, 1.165) is 24.5 Å². The summed E-state index contributed by atoms with van der Waals surface area (Å²) in [7, 11) is 0. The van der Waals surface area contributed by atoms with Crippen LogP contribution in [0.3, 0.4) is 0 Å². The summed E-state index contributed by atoms with van der Waals surface area (Å²) in [6.45, 7) is 1.61. The topological polar surface area (TPSA) is 68.5 Å². The van der Waals surface area contributed by atoms with E-state index in [4.69, 9.17) is 0 Å². The fourth-order valence-electron chi connectivity index (χ4n) is 2.00. The summed E-state index contributed by atoms with van der Waals surface area (Å²) in [6.07, 6.45) is 4.04. The monoisotopic (exact) mass is 230 g/mol. The summed E-state index contributed by atoms with van der Waals surface area (Å²) in [5.41, 5.74) is 0.941. The molecule has 0 bridgehead atoms. The minimum absolute atomic E-state index is 0.271. The third-order valence-corrected chi connectivity index (χ3v) is 2.87. The van der Waals surface area contributed by atoms with Crippen LogP contribution in [0, 0.1) is 0 Å². The maximum absolute atomic E-state index is 4.38. The lowest BCUT2D eigenvalue weighted by Crippen LogP contribution is -2.15. The van der Waals surface area contributed by atoms with Crippen molar-refractivity contribution in [1.82, 2.24) is 30.5 Å². The molecule has 1 aliphatic heterocycles. The van der Waals surface area contributed by atoms with Gasteiger partial charge in [-0.05, 0) is 36.7 Å². The number of tetrazole rings is 1. The molecule has 3 heterocycles. The lowest BCUT2D eigenvalue weighted by atomic mass is 10.2. The van der Waals surface area contributed by atoms with Crippen LogP contribution >= 0.6 is 0 Å². The highest BCUT2D eigenvalue weighted by atomic mass is 15.6. The van der Waals surface area contributed by atoms with Crippen LogP contribution in [-0.2, 0) is 6.54 Å². The van der Waals surface area contributed by atoms with Gasteiger partial charge >= 0.3 is 0 Å². The molecule has 1 saturated heterocycles. The van der Waals surface area contributed by atoms with Crippen molar-refractivity contribution < 1.29 is 0 Å². The first-order valence-corrected chi connectivity index (χ1v) is 5.83. The van der Waals surface area contributed by atoms with Gasteiger partial charge < -0.3 is 5.32 Å². The Kier molecular flexibility index (Phi) is 2.79. The molecule has 0 amide bonds. The van der Waals surface area contributed by atoms with E-state index >= 15 is 0 Å². The standard InChI is InChI=1S/C11H14N6/c1-2-6-12-9(4-1)8-17-15-11(14-16-17)10-5-3-7-13-10/h1-2,4,6,10,13H,3,5,7-8H2. The van der Waals surface area contributed by atoms with Crippen molar-refractivity contribution in [3.8, 4) is 0 Å². The first-order chi connectivity index (χ1) is 8.42. The number of hydrogen-bond acceptors (Lipinski definition) is 5. The normalized spacial score (nSPS) is 19.6. The van der Waals surface area contributed by atoms with Crippen molar-refractivity contribution in [2.24, 2.45) is 0 Å². The molecule has 1 aliphatic rings. The van der Waals surface area contributed by atoms with E-state index in [1.807, 2.05) is 18.2 Å². The van der Waals surface area contributed by atoms with Gasteiger partial charge in [-0.15, -0.1) is 10.2 Å². The van der Waals surface area contributed by atoms with Crippen molar-refractivity contribution >= 4 is 0 Å². The second-order valence-electron chi connectivity index (χ2n) is 4.15. The highest BCUT2D eigenvalue weighted by molar-refractivity contribution is 5.03. The number of nitrogens with zero attached hydrogens (tertiary/aromatic N) is 5. The molecule has 0 saturated carbocycles. The zero-order chi connectivity index (χ0) is 11.5. The van der Waals surface area contributed by atoms with Crippen molar-refractivity contribution in [3.63, 3.8) is 0 Å². The Bertz CT molecular complexity index is 474. The zero-order valence-corrected chi connectivity index (χ0v) is 9.45. The fourth-order valence-corrected chi connectivity index (χ4v) is 2.00. The molecule has 0 spiro atoms. The van der Waals surface area contributed by atoms with Crippen LogP contribution in [-0.4, -0.2) is 31.7 Å². The van der Waals surface area contributed by atoms with Crippen molar-refractivity contribution in [2.75, 3.05) is 6.54 Å². The van der Waals surface area contributed by atoms with E-state index in [-0.39, 0.29) is 6.04 Å². The number of aromatic nitrogens is 5. The van der Waals surface area contributed by atoms with Gasteiger partial charge in [0.25, 0.3) is 0 Å². The van der Waals surface area contributed by atoms with Crippen LogP contribution in [0.25, 0.3) is 0 Å². The van der Waals surface area contributed by atoms with Gasteiger partial charge in [-0.1, -0.05) is 6.07 Å². The quantitative estimate of drug-likeness (QED) is 0.833. The second kappa shape index (κ2) is 4.58. The Labute approximate surface area is 99.1 Å². The van der Waals surface area contributed by atoms with Gasteiger partial charge in [0.05, 0.1) is 11.7 Å². The van der Waals surface area contributed by atoms with Gasteiger partial charge in [0.15, 0.2) is 5.82 Å². The van der Waals surface area contributed by atoms with E-state index in [0.29, 0.717) is 6.54 Å². The van der Waals surface area contributed by atoms with E-state index < -0.39 is 0 Å². The molecule has 0 aromatic carbocycles. The summed E-state index contributed by atoms with van der Waals surface area (Å²) >= 11 is 0. The predicted octanol–water partition coefficient (Wildman–Crippen LogP) is 0.541.